The first-order valence-corrected chi connectivity index (χ1v) is 7.25. The van der Waals surface area contributed by atoms with E-state index in [4.69, 9.17) is 5.11 Å². The van der Waals surface area contributed by atoms with Crippen LogP contribution in [0.1, 0.15) is 32.1 Å². The van der Waals surface area contributed by atoms with Crippen LogP contribution in [0.25, 0.3) is 0 Å². The summed E-state index contributed by atoms with van der Waals surface area (Å²) >= 11 is 0. The van der Waals surface area contributed by atoms with Crippen LogP contribution in [0.5, 0.6) is 0 Å². The third kappa shape index (κ3) is 3.93. The van der Waals surface area contributed by atoms with Crippen LogP contribution < -0.4 is 0 Å². The molecule has 0 aliphatic carbocycles. The molecule has 108 valence electrons. The highest BCUT2D eigenvalue weighted by atomic mass is 16.4. The zero-order valence-electron chi connectivity index (χ0n) is 11.7. The Hall–Kier alpha value is -1.10. The van der Waals surface area contributed by atoms with E-state index in [-0.39, 0.29) is 12.3 Å². The van der Waals surface area contributed by atoms with Crippen LogP contribution >= 0.6 is 0 Å². The van der Waals surface area contributed by atoms with Gasteiger partial charge in [0.1, 0.15) is 0 Å². The maximum Gasteiger partial charge on any atom is 0.307 e. The third-order valence-corrected chi connectivity index (χ3v) is 4.40. The predicted octanol–water partition coefficient (Wildman–Crippen LogP) is 1.04. The zero-order valence-corrected chi connectivity index (χ0v) is 11.7. The topological polar surface area (TPSA) is 60.9 Å². The second-order valence-corrected chi connectivity index (χ2v) is 5.97. The number of carboxylic acids is 1. The number of carboxylic acid groups (broad SMARTS) is 1. The highest BCUT2D eigenvalue weighted by molar-refractivity contribution is 5.83. The molecule has 0 aromatic heterocycles. The molecule has 2 atom stereocenters. The average molecular weight is 268 g/mol. The number of likely N-dealkylation sites (tertiary alicyclic amines) is 2. The van der Waals surface area contributed by atoms with Gasteiger partial charge in [-0.1, -0.05) is 0 Å². The molecule has 0 bridgehead atoms. The number of hydrogen-bond acceptors (Lipinski definition) is 3. The quantitative estimate of drug-likeness (QED) is 0.827. The highest BCUT2D eigenvalue weighted by Gasteiger charge is 2.30. The lowest BCUT2D eigenvalue weighted by atomic mass is 9.93. The molecule has 2 fully saturated rings. The van der Waals surface area contributed by atoms with E-state index in [1.807, 2.05) is 4.90 Å². The van der Waals surface area contributed by atoms with E-state index in [0.29, 0.717) is 18.9 Å². The van der Waals surface area contributed by atoms with E-state index in [1.54, 1.807) is 0 Å². The standard InChI is InChI=1S/C14H24N2O3/c1-15-6-2-3-11(10-15)4-7-16-8-5-12(14(18)19)9-13(16)17/h11-12H,2-10H2,1H3,(H,18,19). The van der Waals surface area contributed by atoms with Gasteiger partial charge in [0.05, 0.1) is 5.92 Å². The molecule has 0 aromatic carbocycles. The number of hydrogen-bond donors (Lipinski definition) is 1. The van der Waals surface area contributed by atoms with Crippen molar-refractivity contribution >= 4 is 11.9 Å². The maximum absolute atomic E-state index is 11.9. The van der Waals surface area contributed by atoms with Crippen molar-refractivity contribution in [2.45, 2.75) is 32.1 Å². The summed E-state index contributed by atoms with van der Waals surface area (Å²) in [5, 5.41) is 8.93. The molecule has 2 aliphatic heterocycles. The number of aliphatic carboxylic acids is 1. The average Bonchev–Trinajstić information content (AvgIpc) is 2.37. The van der Waals surface area contributed by atoms with Gasteiger partial charge in [0.2, 0.25) is 5.91 Å². The number of piperidine rings is 2. The molecule has 0 aromatic rings. The fourth-order valence-electron chi connectivity index (χ4n) is 3.17. The maximum atomic E-state index is 11.9. The Morgan fingerprint density at radius 1 is 1.37 bits per heavy atom. The Morgan fingerprint density at radius 2 is 2.16 bits per heavy atom. The minimum absolute atomic E-state index is 0.0165. The normalized spacial score (nSPS) is 29.5. The summed E-state index contributed by atoms with van der Waals surface area (Å²) in [4.78, 5) is 27.0. The molecular weight excluding hydrogens is 244 g/mol. The molecule has 2 saturated heterocycles. The zero-order chi connectivity index (χ0) is 13.8. The summed E-state index contributed by atoms with van der Waals surface area (Å²) < 4.78 is 0. The van der Waals surface area contributed by atoms with Crippen molar-refractivity contribution in [2.75, 3.05) is 33.2 Å². The van der Waals surface area contributed by atoms with Crippen molar-refractivity contribution in [1.82, 2.24) is 9.80 Å². The molecule has 19 heavy (non-hydrogen) atoms. The predicted molar refractivity (Wildman–Crippen MR) is 71.8 cm³/mol. The number of rotatable bonds is 4. The summed E-state index contributed by atoms with van der Waals surface area (Å²) in [6.45, 7) is 3.71. The summed E-state index contributed by atoms with van der Waals surface area (Å²) in [5.74, 6) is -0.599. The second-order valence-electron chi connectivity index (χ2n) is 5.97. The second kappa shape index (κ2) is 6.37. The molecule has 2 rings (SSSR count). The first kappa shape index (κ1) is 14.3. The lowest BCUT2D eigenvalue weighted by Crippen LogP contribution is -2.42. The van der Waals surface area contributed by atoms with E-state index in [1.165, 1.54) is 19.4 Å². The molecule has 2 heterocycles. The summed E-state index contributed by atoms with van der Waals surface area (Å²) in [5.41, 5.74) is 0. The molecule has 0 saturated carbocycles. The summed E-state index contributed by atoms with van der Waals surface area (Å²) in [6, 6.07) is 0. The van der Waals surface area contributed by atoms with E-state index in [0.717, 1.165) is 19.5 Å². The molecule has 5 nitrogen and oxygen atoms in total. The van der Waals surface area contributed by atoms with Crippen LogP contribution in [0.4, 0.5) is 0 Å². The van der Waals surface area contributed by atoms with Gasteiger partial charge >= 0.3 is 5.97 Å². The molecule has 1 N–H and O–H groups in total. The molecular formula is C14H24N2O3. The van der Waals surface area contributed by atoms with Gasteiger partial charge < -0.3 is 14.9 Å². The van der Waals surface area contributed by atoms with Crippen LogP contribution in [0.3, 0.4) is 0 Å². The van der Waals surface area contributed by atoms with E-state index < -0.39 is 11.9 Å². The first-order chi connectivity index (χ1) is 9.06. The van der Waals surface area contributed by atoms with Gasteiger partial charge in [-0.2, -0.15) is 0 Å². The highest BCUT2D eigenvalue weighted by Crippen LogP contribution is 2.22. The molecule has 2 unspecified atom stereocenters. The smallest absolute Gasteiger partial charge is 0.307 e. The van der Waals surface area contributed by atoms with Gasteiger partial charge in [-0.25, -0.2) is 0 Å². The molecule has 1 amide bonds. The SMILES string of the molecule is CN1CCCC(CCN2CCC(C(=O)O)CC2=O)C1. The van der Waals surface area contributed by atoms with Crippen LogP contribution in [0, 0.1) is 11.8 Å². The van der Waals surface area contributed by atoms with Gasteiger partial charge in [0, 0.05) is 26.1 Å². The van der Waals surface area contributed by atoms with Crippen molar-refractivity contribution in [3.8, 4) is 0 Å². The van der Waals surface area contributed by atoms with Crippen LogP contribution in [0.15, 0.2) is 0 Å². The van der Waals surface area contributed by atoms with E-state index >= 15 is 0 Å². The Kier molecular flexibility index (Phi) is 4.80. The Morgan fingerprint density at radius 3 is 2.79 bits per heavy atom. The van der Waals surface area contributed by atoms with Gasteiger partial charge in [0.25, 0.3) is 0 Å². The number of nitrogens with zero attached hydrogens (tertiary/aromatic N) is 2. The van der Waals surface area contributed by atoms with E-state index in [2.05, 4.69) is 11.9 Å². The van der Waals surface area contributed by atoms with E-state index in [9.17, 15) is 9.59 Å². The summed E-state index contributed by atoms with van der Waals surface area (Å²) in [6.07, 6.45) is 4.33. The fourth-order valence-corrected chi connectivity index (χ4v) is 3.17. The summed E-state index contributed by atoms with van der Waals surface area (Å²) in [7, 11) is 2.15. The first-order valence-electron chi connectivity index (χ1n) is 7.25. The van der Waals surface area contributed by atoms with Gasteiger partial charge in [0.15, 0.2) is 0 Å². The van der Waals surface area contributed by atoms with Gasteiger partial charge in [-0.3, -0.25) is 9.59 Å². The molecule has 2 aliphatic rings. The van der Waals surface area contributed by atoms with Gasteiger partial charge in [-0.05, 0) is 45.2 Å². The van der Waals surface area contributed by atoms with Crippen molar-refractivity contribution < 1.29 is 14.7 Å². The van der Waals surface area contributed by atoms with Crippen molar-refractivity contribution in [1.29, 1.82) is 0 Å². The Bertz CT molecular complexity index is 346. The monoisotopic (exact) mass is 268 g/mol. The third-order valence-electron chi connectivity index (χ3n) is 4.40. The molecule has 0 spiro atoms. The largest absolute Gasteiger partial charge is 0.481 e. The molecule has 0 radical (unpaired) electrons. The minimum Gasteiger partial charge on any atom is -0.481 e. The minimum atomic E-state index is -0.832. The van der Waals surface area contributed by atoms with Crippen LogP contribution in [-0.4, -0.2) is 60.0 Å². The van der Waals surface area contributed by atoms with Crippen molar-refractivity contribution in [2.24, 2.45) is 11.8 Å². The Balaban J connectivity index is 1.74. The van der Waals surface area contributed by atoms with Crippen molar-refractivity contribution in [3.63, 3.8) is 0 Å². The van der Waals surface area contributed by atoms with Crippen LogP contribution in [0.2, 0.25) is 0 Å². The number of carbonyl (C=O) groups excluding carboxylic acids is 1. The Labute approximate surface area is 114 Å². The van der Waals surface area contributed by atoms with Crippen LogP contribution in [-0.2, 0) is 9.59 Å². The lowest BCUT2D eigenvalue weighted by molar-refractivity contribution is -0.149. The lowest BCUT2D eigenvalue weighted by Gasteiger charge is -2.34. The number of carbonyl (C=O) groups is 2. The molecule has 5 heteroatoms. The number of amides is 1. The van der Waals surface area contributed by atoms with Gasteiger partial charge in [-0.15, -0.1) is 0 Å². The van der Waals surface area contributed by atoms with Crippen molar-refractivity contribution in [3.05, 3.63) is 0 Å². The fraction of sp³-hybridized carbons (Fsp3) is 0.857.